The normalized spacial score (nSPS) is 15.9. The van der Waals surface area contributed by atoms with Gasteiger partial charge in [-0.25, -0.2) is 4.98 Å². The molecule has 1 saturated heterocycles. The molecule has 0 radical (unpaired) electrons. The highest BCUT2D eigenvalue weighted by molar-refractivity contribution is 5.84. The molecule has 34 heavy (non-hydrogen) atoms. The summed E-state index contributed by atoms with van der Waals surface area (Å²) >= 11 is 0. The van der Waals surface area contributed by atoms with E-state index in [1.54, 1.807) is 12.4 Å². The van der Waals surface area contributed by atoms with Crippen molar-refractivity contribution in [2.45, 2.75) is 51.7 Å². The van der Waals surface area contributed by atoms with Gasteiger partial charge >= 0.3 is 0 Å². The lowest BCUT2D eigenvalue weighted by Gasteiger charge is -2.36. The number of aryl methyl sites for hydroxylation is 1. The minimum Gasteiger partial charge on any atom is -0.364 e. The summed E-state index contributed by atoms with van der Waals surface area (Å²) in [7, 11) is 1.92. The largest absolute Gasteiger partial charge is 0.364 e. The van der Waals surface area contributed by atoms with E-state index in [1.807, 2.05) is 30.2 Å². The summed E-state index contributed by atoms with van der Waals surface area (Å²) in [4.78, 5) is 21.3. The van der Waals surface area contributed by atoms with Crippen LogP contribution in [0.1, 0.15) is 45.2 Å². The quantitative estimate of drug-likeness (QED) is 0.451. The lowest BCUT2D eigenvalue weighted by molar-refractivity contribution is 0.362. The Morgan fingerprint density at radius 2 is 1.91 bits per heavy atom. The van der Waals surface area contributed by atoms with E-state index in [1.165, 1.54) is 0 Å². The van der Waals surface area contributed by atoms with E-state index in [2.05, 4.69) is 56.7 Å². The van der Waals surface area contributed by atoms with Gasteiger partial charge in [0.15, 0.2) is 17.0 Å². The van der Waals surface area contributed by atoms with Crippen molar-refractivity contribution in [3.63, 3.8) is 0 Å². The highest BCUT2D eigenvalue weighted by Crippen LogP contribution is 2.29. The molecule has 0 saturated carbocycles. The zero-order valence-corrected chi connectivity index (χ0v) is 20.2. The molecule has 5 rings (SSSR count). The fraction of sp³-hybridized carbons (Fsp3) is 0.458. The summed E-state index contributed by atoms with van der Waals surface area (Å²) in [6.07, 6.45) is 7.25. The van der Waals surface area contributed by atoms with Gasteiger partial charge in [-0.2, -0.15) is 15.1 Å². The third kappa shape index (κ3) is 4.21. The van der Waals surface area contributed by atoms with Gasteiger partial charge < -0.3 is 20.5 Å². The number of anilines is 2. The number of piperidine rings is 1. The maximum Gasteiger partial charge on any atom is 0.229 e. The molecule has 0 amide bonds. The molecule has 10 heteroatoms. The Morgan fingerprint density at radius 3 is 2.62 bits per heavy atom. The number of rotatable bonds is 6. The molecule has 1 aliphatic rings. The lowest BCUT2D eigenvalue weighted by Crippen LogP contribution is -2.48. The van der Waals surface area contributed by atoms with Gasteiger partial charge in [0.1, 0.15) is 0 Å². The SMILES string of the molecule is CC(C)n1cnc2c(NCc3cccnc3-c3ccnn3C)nc(N3CCC(C)(N)CC3)nc21. The summed E-state index contributed by atoms with van der Waals surface area (Å²) < 4.78 is 3.92. The lowest BCUT2D eigenvalue weighted by atomic mass is 9.91. The number of aromatic nitrogens is 7. The van der Waals surface area contributed by atoms with Gasteiger partial charge in [0.2, 0.25) is 5.95 Å². The average molecular weight is 461 g/mol. The number of nitrogens with one attached hydrogen (secondary N) is 1. The minimum atomic E-state index is -0.135. The third-order valence-electron chi connectivity index (χ3n) is 6.56. The van der Waals surface area contributed by atoms with Crippen molar-refractivity contribution in [3.05, 3.63) is 42.5 Å². The first-order valence-corrected chi connectivity index (χ1v) is 11.8. The second-order valence-electron chi connectivity index (χ2n) is 9.64. The number of fused-ring (bicyclic) bond motifs is 1. The molecule has 0 spiro atoms. The van der Waals surface area contributed by atoms with Crippen LogP contribution in [0, 0.1) is 0 Å². The highest BCUT2D eigenvalue weighted by Gasteiger charge is 2.28. The summed E-state index contributed by atoms with van der Waals surface area (Å²) in [5.74, 6) is 1.44. The standard InChI is InChI=1S/C24H32N10/c1-16(2)34-15-28-20-21(30-23(31-22(20)34)33-12-8-24(3,25)9-13-33)27-14-17-6-5-10-26-19(17)18-7-11-29-32(18)4/h5-7,10-11,15-16H,8-9,12-14,25H2,1-4H3,(H,27,30,31). The predicted octanol–water partition coefficient (Wildman–Crippen LogP) is 3.13. The molecule has 0 aliphatic carbocycles. The zero-order valence-electron chi connectivity index (χ0n) is 20.2. The van der Waals surface area contributed by atoms with Crippen molar-refractivity contribution >= 4 is 22.9 Å². The Hall–Kier alpha value is -3.53. The molecular weight excluding hydrogens is 428 g/mol. The number of pyridine rings is 1. The molecule has 0 unspecified atom stereocenters. The van der Waals surface area contributed by atoms with Crippen LogP contribution in [-0.2, 0) is 13.6 Å². The van der Waals surface area contributed by atoms with Crippen molar-refractivity contribution in [1.82, 2.24) is 34.3 Å². The van der Waals surface area contributed by atoms with Crippen LogP contribution in [0.15, 0.2) is 36.9 Å². The molecule has 3 N–H and O–H groups in total. The van der Waals surface area contributed by atoms with Crippen LogP contribution in [-0.4, -0.2) is 52.9 Å². The van der Waals surface area contributed by atoms with Crippen molar-refractivity contribution in [2.75, 3.05) is 23.3 Å². The van der Waals surface area contributed by atoms with Gasteiger partial charge in [-0.3, -0.25) is 9.67 Å². The Morgan fingerprint density at radius 1 is 1.12 bits per heavy atom. The fourth-order valence-electron chi connectivity index (χ4n) is 4.36. The van der Waals surface area contributed by atoms with Crippen molar-refractivity contribution in [2.24, 2.45) is 12.8 Å². The van der Waals surface area contributed by atoms with Gasteiger partial charge in [-0.1, -0.05) is 6.07 Å². The third-order valence-corrected chi connectivity index (χ3v) is 6.56. The summed E-state index contributed by atoms with van der Waals surface area (Å²) in [5.41, 5.74) is 10.7. The Labute approximate surface area is 199 Å². The summed E-state index contributed by atoms with van der Waals surface area (Å²) in [6, 6.07) is 6.23. The maximum atomic E-state index is 6.36. The van der Waals surface area contributed by atoms with E-state index in [0.717, 1.165) is 59.9 Å². The molecular formula is C24H32N10. The van der Waals surface area contributed by atoms with Crippen LogP contribution >= 0.6 is 0 Å². The molecule has 4 aromatic rings. The maximum absolute atomic E-state index is 6.36. The number of hydrogen-bond acceptors (Lipinski definition) is 8. The van der Waals surface area contributed by atoms with E-state index in [0.29, 0.717) is 12.5 Å². The van der Waals surface area contributed by atoms with Crippen molar-refractivity contribution in [1.29, 1.82) is 0 Å². The van der Waals surface area contributed by atoms with E-state index < -0.39 is 0 Å². The first kappa shape index (κ1) is 22.3. The van der Waals surface area contributed by atoms with Gasteiger partial charge in [-0.15, -0.1) is 0 Å². The number of imidazole rings is 1. The Bertz CT molecular complexity index is 1290. The highest BCUT2D eigenvalue weighted by atomic mass is 15.3. The van der Waals surface area contributed by atoms with Crippen LogP contribution in [0.5, 0.6) is 0 Å². The predicted molar refractivity (Wildman–Crippen MR) is 134 cm³/mol. The van der Waals surface area contributed by atoms with E-state index >= 15 is 0 Å². The smallest absolute Gasteiger partial charge is 0.229 e. The number of nitrogens with zero attached hydrogens (tertiary/aromatic N) is 8. The van der Waals surface area contributed by atoms with E-state index in [9.17, 15) is 0 Å². The first-order chi connectivity index (χ1) is 16.3. The second-order valence-corrected chi connectivity index (χ2v) is 9.64. The number of hydrogen-bond donors (Lipinski definition) is 2. The van der Waals surface area contributed by atoms with Crippen molar-refractivity contribution < 1.29 is 0 Å². The van der Waals surface area contributed by atoms with Crippen LogP contribution in [0.3, 0.4) is 0 Å². The summed E-state index contributed by atoms with van der Waals surface area (Å²) in [6.45, 7) is 8.60. The summed E-state index contributed by atoms with van der Waals surface area (Å²) in [5, 5.41) is 7.82. The van der Waals surface area contributed by atoms with Crippen LogP contribution < -0.4 is 16.0 Å². The average Bonchev–Trinajstić information content (AvgIpc) is 3.44. The number of nitrogens with two attached hydrogens (primary N) is 1. The van der Waals surface area contributed by atoms with Crippen LogP contribution in [0.2, 0.25) is 0 Å². The first-order valence-electron chi connectivity index (χ1n) is 11.8. The minimum absolute atomic E-state index is 0.135. The molecule has 5 heterocycles. The molecule has 0 bridgehead atoms. The molecule has 1 fully saturated rings. The molecule has 178 valence electrons. The van der Waals surface area contributed by atoms with E-state index in [-0.39, 0.29) is 11.6 Å². The zero-order chi connectivity index (χ0) is 23.9. The molecule has 10 nitrogen and oxygen atoms in total. The fourth-order valence-corrected chi connectivity index (χ4v) is 4.36. The monoisotopic (exact) mass is 460 g/mol. The van der Waals surface area contributed by atoms with Gasteiger partial charge in [-0.05, 0) is 51.3 Å². The Kier molecular flexibility index (Phi) is 5.68. The molecule has 4 aromatic heterocycles. The Balaban J connectivity index is 1.49. The van der Waals surface area contributed by atoms with Gasteiger partial charge in [0.05, 0.1) is 17.7 Å². The molecule has 0 aromatic carbocycles. The van der Waals surface area contributed by atoms with Crippen molar-refractivity contribution in [3.8, 4) is 11.4 Å². The molecule has 1 aliphatic heterocycles. The topological polar surface area (TPSA) is 116 Å². The van der Waals surface area contributed by atoms with Gasteiger partial charge in [0, 0.05) is 50.7 Å². The van der Waals surface area contributed by atoms with Gasteiger partial charge in [0.25, 0.3) is 0 Å². The van der Waals surface area contributed by atoms with Crippen LogP contribution in [0.25, 0.3) is 22.6 Å². The second kappa shape index (κ2) is 8.68. The van der Waals surface area contributed by atoms with E-state index in [4.69, 9.17) is 15.7 Å². The molecule has 0 atom stereocenters. The van der Waals surface area contributed by atoms with Crippen LogP contribution in [0.4, 0.5) is 11.8 Å².